The van der Waals surface area contributed by atoms with E-state index in [2.05, 4.69) is 0 Å². The first-order valence-corrected chi connectivity index (χ1v) is 7.63. The number of rotatable bonds is 3. The minimum absolute atomic E-state index is 0. The number of halogens is 6. The summed E-state index contributed by atoms with van der Waals surface area (Å²) in [4.78, 5) is 29.3. The average Bonchev–Trinajstić information content (AvgIpc) is 2.45. The second-order valence-corrected chi connectivity index (χ2v) is 6.24. The summed E-state index contributed by atoms with van der Waals surface area (Å²) in [6, 6.07) is 0. The number of carboxylic acid groups (broad SMARTS) is 3. The van der Waals surface area contributed by atoms with E-state index in [-0.39, 0.29) is 32.5 Å². The SMILES string of the molecule is C/C(Cl)=C(\Cl)C(=O)[O-].C/C(Cl)=C(\Cl)C(=O)[O-].C/C(Cl)=C(\Cl)C(=O)[O-].[Al+3]. The van der Waals surface area contributed by atoms with Crippen molar-refractivity contribution in [2.45, 2.75) is 20.8 Å². The van der Waals surface area contributed by atoms with Gasteiger partial charge in [-0.3, -0.25) is 0 Å². The molecular formula is C12H9AlCl6O6. The van der Waals surface area contributed by atoms with Crippen molar-refractivity contribution < 1.29 is 29.7 Å². The van der Waals surface area contributed by atoms with Crippen LogP contribution >= 0.6 is 69.6 Å². The molecule has 25 heavy (non-hydrogen) atoms. The Morgan fingerprint density at radius 2 is 0.640 bits per heavy atom. The summed E-state index contributed by atoms with van der Waals surface area (Å²) < 4.78 is 0. The van der Waals surface area contributed by atoms with Gasteiger partial charge in [0.05, 0.1) is 33.0 Å². The Morgan fingerprint density at radius 3 is 0.640 bits per heavy atom. The average molecular weight is 489 g/mol. The number of allylic oxidation sites excluding steroid dienone is 3. The third-order valence-electron chi connectivity index (χ3n) is 1.44. The zero-order valence-electron chi connectivity index (χ0n) is 12.8. The van der Waals surface area contributed by atoms with Crippen molar-refractivity contribution in [3.8, 4) is 0 Å². The number of hydrogen-bond acceptors (Lipinski definition) is 6. The summed E-state index contributed by atoms with van der Waals surface area (Å²) >= 11 is 30.6. The first-order chi connectivity index (χ1) is 10.7. The van der Waals surface area contributed by atoms with Crippen LogP contribution in [-0.2, 0) is 14.4 Å². The predicted octanol–water partition coefficient (Wildman–Crippen LogP) is 0.955. The van der Waals surface area contributed by atoms with E-state index >= 15 is 0 Å². The largest absolute Gasteiger partial charge is 3.00 e. The van der Waals surface area contributed by atoms with Gasteiger partial charge in [0.15, 0.2) is 0 Å². The summed E-state index contributed by atoms with van der Waals surface area (Å²) in [5.74, 6) is -4.34. The van der Waals surface area contributed by atoms with Crippen molar-refractivity contribution >= 4 is 105 Å². The third kappa shape index (κ3) is 20.1. The van der Waals surface area contributed by atoms with Crippen LogP contribution < -0.4 is 15.3 Å². The van der Waals surface area contributed by atoms with Crippen LogP contribution in [0.3, 0.4) is 0 Å². The Morgan fingerprint density at radius 1 is 0.520 bits per heavy atom. The number of carbonyl (C=O) groups is 3. The molecule has 0 heterocycles. The summed E-state index contributed by atoms with van der Waals surface area (Å²) in [5.41, 5.74) is 0. The number of carbonyl (C=O) groups excluding carboxylic acids is 3. The van der Waals surface area contributed by atoms with Gasteiger partial charge in [0, 0.05) is 15.1 Å². The molecule has 0 saturated carbocycles. The third-order valence-corrected chi connectivity index (χ3v) is 3.62. The minimum Gasteiger partial charge on any atom is -0.544 e. The van der Waals surface area contributed by atoms with Crippen LogP contribution in [0.4, 0.5) is 0 Å². The van der Waals surface area contributed by atoms with Crippen molar-refractivity contribution in [1.29, 1.82) is 0 Å². The maximum absolute atomic E-state index is 9.76. The summed E-state index contributed by atoms with van der Waals surface area (Å²) in [6.07, 6.45) is 0. The molecule has 0 aliphatic heterocycles. The van der Waals surface area contributed by atoms with Gasteiger partial charge < -0.3 is 29.7 Å². The molecule has 0 atom stereocenters. The fourth-order valence-corrected chi connectivity index (χ4v) is 0.653. The Balaban J connectivity index is -0.000000130. The Kier molecular flexibility index (Phi) is 22.6. The van der Waals surface area contributed by atoms with Gasteiger partial charge in [0.25, 0.3) is 0 Å². The van der Waals surface area contributed by atoms with E-state index in [0.29, 0.717) is 0 Å². The van der Waals surface area contributed by atoms with Gasteiger partial charge in [-0.25, -0.2) is 0 Å². The van der Waals surface area contributed by atoms with Crippen LogP contribution in [0, 0.1) is 0 Å². The standard InChI is InChI=1S/3C4H4Cl2O2.Al/c3*1-2(5)3(6)4(7)8;/h3*1H3,(H,7,8);/q;;;+3/p-3/b3*3-2+;. The van der Waals surface area contributed by atoms with Gasteiger partial charge >= 0.3 is 17.4 Å². The van der Waals surface area contributed by atoms with Gasteiger partial charge in [-0.05, 0) is 20.8 Å². The quantitative estimate of drug-likeness (QED) is 0.431. The molecule has 0 N–H and O–H groups in total. The number of hydrogen-bond donors (Lipinski definition) is 0. The van der Waals surface area contributed by atoms with Crippen LogP contribution in [0.25, 0.3) is 0 Å². The van der Waals surface area contributed by atoms with Crippen LogP contribution in [0.5, 0.6) is 0 Å². The molecule has 0 bridgehead atoms. The van der Waals surface area contributed by atoms with Crippen molar-refractivity contribution in [2.24, 2.45) is 0 Å². The Bertz CT molecular complexity index is 492. The van der Waals surface area contributed by atoms with Crippen LogP contribution in [0.15, 0.2) is 30.2 Å². The molecule has 0 aromatic carbocycles. The van der Waals surface area contributed by atoms with E-state index in [0.717, 1.165) is 0 Å². The van der Waals surface area contributed by atoms with E-state index in [1.165, 1.54) is 20.8 Å². The molecule has 0 fully saturated rings. The van der Waals surface area contributed by atoms with Crippen molar-refractivity contribution in [3.63, 3.8) is 0 Å². The molecule has 0 aromatic rings. The van der Waals surface area contributed by atoms with Crippen LogP contribution in [-0.4, -0.2) is 35.3 Å². The minimum atomic E-state index is -1.45. The summed E-state index contributed by atoms with van der Waals surface area (Å²) in [7, 11) is 0. The Hall–Kier alpha value is -0.0975. The molecule has 0 unspecified atom stereocenters. The molecule has 0 spiro atoms. The normalized spacial score (nSPS) is 12.4. The monoisotopic (exact) mass is 486 g/mol. The predicted molar refractivity (Wildman–Crippen MR) is 94.0 cm³/mol. The van der Waals surface area contributed by atoms with E-state index < -0.39 is 33.0 Å². The molecular weight excluding hydrogens is 480 g/mol. The topological polar surface area (TPSA) is 120 Å². The van der Waals surface area contributed by atoms with E-state index in [9.17, 15) is 29.7 Å². The van der Waals surface area contributed by atoms with E-state index in [4.69, 9.17) is 69.6 Å². The second kappa shape index (κ2) is 17.3. The zero-order valence-corrected chi connectivity index (χ0v) is 18.5. The molecule has 138 valence electrons. The second-order valence-electron chi connectivity index (χ2n) is 3.40. The van der Waals surface area contributed by atoms with Gasteiger partial charge in [-0.2, -0.15) is 0 Å². The summed E-state index contributed by atoms with van der Waals surface area (Å²) in [5, 5.41) is 28.1. The number of carboxylic acids is 3. The first kappa shape index (κ1) is 32.6. The molecule has 6 nitrogen and oxygen atoms in total. The van der Waals surface area contributed by atoms with Gasteiger partial charge in [-0.1, -0.05) is 69.6 Å². The van der Waals surface area contributed by atoms with Gasteiger partial charge in [0.1, 0.15) is 0 Å². The van der Waals surface area contributed by atoms with Gasteiger partial charge in [-0.15, -0.1) is 0 Å². The van der Waals surface area contributed by atoms with Crippen LogP contribution in [0.1, 0.15) is 20.8 Å². The van der Waals surface area contributed by atoms with Crippen molar-refractivity contribution in [1.82, 2.24) is 0 Å². The first-order valence-electron chi connectivity index (χ1n) is 5.36. The molecule has 0 aliphatic rings. The molecule has 13 heteroatoms. The zero-order chi connectivity index (χ0) is 20.2. The smallest absolute Gasteiger partial charge is 0.544 e. The Labute approximate surface area is 184 Å². The van der Waals surface area contributed by atoms with E-state index in [1.807, 2.05) is 0 Å². The van der Waals surface area contributed by atoms with E-state index in [1.54, 1.807) is 0 Å². The molecule has 0 radical (unpaired) electrons. The van der Waals surface area contributed by atoms with Crippen molar-refractivity contribution in [2.75, 3.05) is 0 Å². The summed E-state index contributed by atoms with van der Waals surface area (Å²) in [6.45, 7) is 4.12. The maximum Gasteiger partial charge on any atom is 3.00 e. The molecule has 0 rings (SSSR count). The van der Waals surface area contributed by atoms with Crippen molar-refractivity contribution in [3.05, 3.63) is 30.2 Å². The van der Waals surface area contributed by atoms with Crippen LogP contribution in [0.2, 0.25) is 0 Å². The number of aliphatic carboxylic acids is 3. The molecule has 0 aliphatic carbocycles. The molecule has 0 amide bonds. The molecule has 0 saturated heterocycles. The molecule has 0 aromatic heterocycles. The fraction of sp³-hybridized carbons (Fsp3) is 0.250. The van der Waals surface area contributed by atoms with Gasteiger partial charge in [0.2, 0.25) is 0 Å². The maximum atomic E-state index is 9.76. The fourth-order valence-electron chi connectivity index (χ4n) is 0.422.